The third-order valence-electron chi connectivity index (χ3n) is 5.65. The lowest BCUT2D eigenvalue weighted by Gasteiger charge is -2.16. The lowest BCUT2D eigenvalue weighted by atomic mass is 9.90. The largest absolute Gasteiger partial charge is 0.317 e. The maximum atomic E-state index is 3.60. The molecule has 1 aliphatic rings. The Morgan fingerprint density at radius 2 is 1.13 bits per heavy atom. The molecule has 0 amide bonds. The summed E-state index contributed by atoms with van der Waals surface area (Å²) in [4.78, 5) is 0. The van der Waals surface area contributed by atoms with Gasteiger partial charge in [-0.3, -0.25) is 0 Å². The van der Waals surface area contributed by atoms with Crippen LogP contribution in [-0.4, -0.2) is 13.1 Å². The molecule has 0 radical (unpaired) electrons. The number of unbranched alkanes of at least 4 members (excludes halogenated alkanes) is 7. The molecule has 0 unspecified atom stereocenters. The molecule has 1 saturated heterocycles. The van der Waals surface area contributed by atoms with E-state index in [1.807, 2.05) is 0 Å². The van der Waals surface area contributed by atoms with Crippen molar-refractivity contribution >= 4 is 0 Å². The fraction of sp³-hybridized carbons (Fsp3) is 1.00. The number of rotatable bonds is 9. The van der Waals surface area contributed by atoms with Gasteiger partial charge in [-0.2, -0.15) is 0 Å². The van der Waals surface area contributed by atoms with Gasteiger partial charge in [-0.05, 0) is 31.8 Å². The molecule has 1 heterocycles. The van der Waals surface area contributed by atoms with Crippen LogP contribution in [0.25, 0.3) is 0 Å². The van der Waals surface area contributed by atoms with E-state index in [2.05, 4.69) is 12.2 Å². The van der Waals surface area contributed by atoms with Gasteiger partial charge in [-0.1, -0.05) is 110 Å². The van der Waals surface area contributed by atoms with Gasteiger partial charge in [0.2, 0.25) is 0 Å². The van der Waals surface area contributed by atoms with Gasteiger partial charge < -0.3 is 5.32 Å². The molecule has 138 valence electrons. The van der Waals surface area contributed by atoms with Gasteiger partial charge in [-0.15, -0.1) is 0 Å². The van der Waals surface area contributed by atoms with E-state index in [1.165, 1.54) is 129 Å². The van der Waals surface area contributed by atoms with E-state index in [9.17, 15) is 0 Å². The van der Waals surface area contributed by atoms with Crippen molar-refractivity contribution in [1.82, 2.24) is 5.32 Å². The van der Waals surface area contributed by atoms with Crippen molar-refractivity contribution in [1.29, 1.82) is 0 Å². The first kappa shape index (κ1) is 21.0. The molecule has 0 aromatic rings. The van der Waals surface area contributed by atoms with Crippen LogP contribution in [0.3, 0.4) is 0 Å². The Morgan fingerprint density at radius 3 is 1.78 bits per heavy atom. The van der Waals surface area contributed by atoms with Gasteiger partial charge in [0.25, 0.3) is 0 Å². The standard InChI is InChI=1S/C22H45N/c1-2-3-4-5-6-7-8-12-17-22-18-13-9-10-15-20-23-21-16-11-14-19-22/h22-23H,2-21H2,1H3/t22-/m0/s1. The van der Waals surface area contributed by atoms with Crippen LogP contribution >= 0.6 is 0 Å². The maximum absolute atomic E-state index is 3.60. The quantitative estimate of drug-likeness (QED) is 0.441. The lowest BCUT2D eigenvalue weighted by Crippen LogP contribution is -2.16. The zero-order chi connectivity index (χ0) is 16.4. The fourth-order valence-electron chi connectivity index (χ4n) is 4.02. The molecule has 1 atom stereocenters. The Kier molecular flexibility index (Phi) is 15.3. The van der Waals surface area contributed by atoms with Crippen molar-refractivity contribution < 1.29 is 0 Å². The molecule has 0 saturated carbocycles. The van der Waals surface area contributed by atoms with Crippen LogP contribution in [0.2, 0.25) is 0 Å². The van der Waals surface area contributed by atoms with E-state index < -0.39 is 0 Å². The van der Waals surface area contributed by atoms with Crippen molar-refractivity contribution in [3.63, 3.8) is 0 Å². The molecule has 1 N–H and O–H groups in total. The van der Waals surface area contributed by atoms with Crippen LogP contribution in [0.15, 0.2) is 0 Å². The van der Waals surface area contributed by atoms with Crippen LogP contribution in [0.1, 0.15) is 122 Å². The van der Waals surface area contributed by atoms with E-state index in [-0.39, 0.29) is 0 Å². The Hall–Kier alpha value is -0.0400. The molecule has 1 fully saturated rings. The van der Waals surface area contributed by atoms with Crippen LogP contribution in [0.4, 0.5) is 0 Å². The van der Waals surface area contributed by atoms with E-state index in [0.717, 1.165) is 5.92 Å². The van der Waals surface area contributed by atoms with Gasteiger partial charge >= 0.3 is 0 Å². The molecule has 0 bridgehead atoms. The highest BCUT2D eigenvalue weighted by molar-refractivity contribution is 4.63. The Morgan fingerprint density at radius 1 is 0.609 bits per heavy atom. The molecule has 0 aromatic carbocycles. The first-order valence-corrected chi connectivity index (χ1v) is 11.1. The van der Waals surface area contributed by atoms with Crippen LogP contribution in [0.5, 0.6) is 0 Å². The monoisotopic (exact) mass is 323 g/mol. The topological polar surface area (TPSA) is 12.0 Å². The summed E-state index contributed by atoms with van der Waals surface area (Å²) in [6.45, 7) is 4.81. The van der Waals surface area contributed by atoms with Crippen LogP contribution < -0.4 is 5.32 Å². The molecule has 1 aliphatic heterocycles. The molecule has 1 rings (SSSR count). The zero-order valence-corrected chi connectivity index (χ0v) is 16.2. The average Bonchev–Trinajstić information content (AvgIpc) is 2.59. The summed E-state index contributed by atoms with van der Waals surface area (Å²) in [5.41, 5.74) is 0. The average molecular weight is 324 g/mol. The van der Waals surface area contributed by atoms with Gasteiger partial charge in [0, 0.05) is 0 Å². The van der Waals surface area contributed by atoms with Crippen molar-refractivity contribution in [2.75, 3.05) is 13.1 Å². The second-order valence-corrected chi connectivity index (χ2v) is 7.93. The van der Waals surface area contributed by atoms with Gasteiger partial charge in [0.05, 0.1) is 0 Å². The molecule has 1 nitrogen and oxygen atoms in total. The highest BCUT2D eigenvalue weighted by Gasteiger charge is 2.09. The predicted octanol–water partition coefficient (Wildman–Crippen LogP) is 7.25. The Balaban J connectivity index is 2.05. The molecular weight excluding hydrogens is 278 g/mol. The number of nitrogens with one attached hydrogen (secondary N) is 1. The molecule has 0 aromatic heterocycles. The minimum absolute atomic E-state index is 1.05. The van der Waals surface area contributed by atoms with Crippen molar-refractivity contribution in [2.45, 2.75) is 122 Å². The van der Waals surface area contributed by atoms with Gasteiger partial charge in [-0.25, -0.2) is 0 Å². The van der Waals surface area contributed by atoms with Crippen molar-refractivity contribution in [3.8, 4) is 0 Å². The second kappa shape index (κ2) is 16.8. The molecule has 23 heavy (non-hydrogen) atoms. The third-order valence-corrected chi connectivity index (χ3v) is 5.65. The first-order chi connectivity index (χ1) is 11.4. The zero-order valence-electron chi connectivity index (χ0n) is 16.2. The molecule has 0 aliphatic carbocycles. The summed E-state index contributed by atoms with van der Waals surface area (Å²) in [6.07, 6.45) is 26.4. The van der Waals surface area contributed by atoms with E-state index in [1.54, 1.807) is 0 Å². The second-order valence-electron chi connectivity index (χ2n) is 7.93. The molecule has 1 heteroatoms. The summed E-state index contributed by atoms with van der Waals surface area (Å²) in [5, 5.41) is 3.60. The smallest absolute Gasteiger partial charge is 0.00489 e. The third kappa shape index (κ3) is 14.0. The normalized spacial score (nSPS) is 22.0. The van der Waals surface area contributed by atoms with Crippen LogP contribution in [0, 0.1) is 5.92 Å². The number of hydrogen-bond donors (Lipinski definition) is 1. The van der Waals surface area contributed by atoms with Crippen molar-refractivity contribution in [2.24, 2.45) is 5.92 Å². The Labute approximate surface area is 147 Å². The molecule has 0 spiro atoms. The van der Waals surface area contributed by atoms with E-state index in [0.29, 0.717) is 0 Å². The van der Waals surface area contributed by atoms with Gasteiger partial charge in [0.15, 0.2) is 0 Å². The Bertz CT molecular complexity index is 212. The first-order valence-electron chi connectivity index (χ1n) is 11.1. The van der Waals surface area contributed by atoms with Crippen LogP contribution in [-0.2, 0) is 0 Å². The van der Waals surface area contributed by atoms with Crippen molar-refractivity contribution in [3.05, 3.63) is 0 Å². The molecular formula is C22H45N. The fourth-order valence-corrected chi connectivity index (χ4v) is 4.02. The minimum atomic E-state index is 1.05. The summed E-state index contributed by atoms with van der Waals surface area (Å²) in [5.74, 6) is 1.05. The van der Waals surface area contributed by atoms with Gasteiger partial charge in [0.1, 0.15) is 0 Å². The van der Waals surface area contributed by atoms with E-state index >= 15 is 0 Å². The highest BCUT2D eigenvalue weighted by atomic mass is 14.8. The summed E-state index contributed by atoms with van der Waals surface area (Å²) >= 11 is 0. The SMILES string of the molecule is CCCCCCCCCC[C@H]1CCCCCCNCCCCC1. The van der Waals surface area contributed by atoms with E-state index in [4.69, 9.17) is 0 Å². The lowest BCUT2D eigenvalue weighted by molar-refractivity contribution is 0.369. The minimum Gasteiger partial charge on any atom is -0.317 e. The summed E-state index contributed by atoms with van der Waals surface area (Å²) < 4.78 is 0. The summed E-state index contributed by atoms with van der Waals surface area (Å²) in [6, 6.07) is 0. The predicted molar refractivity (Wildman–Crippen MR) is 105 cm³/mol. The summed E-state index contributed by atoms with van der Waals surface area (Å²) in [7, 11) is 0. The highest BCUT2D eigenvalue weighted by Crippen LogP contribution is 2.24. The number of hydrogen-bond acceptors (Lipinski definition) is 1. The maximum Gasteiger partial charge on any atom is -0.00489 e.